The molecule has 0 amide bonds. The van der Waals surface area contributed by atoms with Gasteiger partial charge in [0, 0.05) is 18.9 Å². The Morgan fingerprint density at radius 1 is 1.36 bits per heavy atom. The van der Waals surface area contributed by atoms with E-state index in [1.807, 2.05) is 12.3 Å². The van der Waals surface area contributed by atoms with Gasteiger partial charge in [-0.15, -0.1) is 0 Å². The number of nitrogens with one attached hydrogen (secondary N) is 1. The van der Waals surface area contributed by atoms with E-state index in [1.165, 1.54) is 5.56 Å². The van der Waals surface area contributed by atoms with Gasteiger partial charge in [0.1, 0.15) is 0 Å². The highest BCUT2D eigenvalue weighted by Gasteiger charge is 2.05. The second kappa shape index (κ2) is 5.76. The van der Waals surface area contributed by atoms with E-state index < -0.39 is 0 Å². The average Bonchev–Trinajstić information content (AvgIpc) is 2.19. The molecule has 14 heavy (non-hydrogen) atoms. The van der Waals surface area contributed by atoms with Gasteiger partial charge in [-0.2, -0.15) is 0 Å². The predicted molar refractivity (Wildman–Crippen MR) is 59.9 cm³/mol. The molecule has 1 heterocycles. The van der Waals surface area contributed by atoms with Crippen LogP contribution in [0, 0.1) is 11.8 Å². The molecule has 0 bridgehead atoms. The summed E-state index contributed by atoms with van der Waals surface area (Å²) in [5, 5.41) is 3.44. The molecule has 1 unspecified atom stereocenters. The fourth-order valence-electron chi connectivity index (χ4n) is 1.18. The van der Waals surface area contributed by atoms with Crippen molar-refractivity contribution in [2.45, 2.75) is 27.3 Å². The van der Waals surface area contributed by atoms with Crippen molar-refractivity contribution in [2.75, 3.05) is 6.54 Å². The van der Waals surface area contributed by atoms with Crippen molar-refractivity contribution >= 4 is 0 Å². The molecule has 1 N–H and O–H groups in total. The number of rotatable bonds is 5. The number of nitrogens with zero attached hydrogens (tertiary/aromatic N) is 1. The fourth-order valence-corrected chi connectivity index (χ4v) is 1.18. The molecule has 0 saturated carbocycles. The standard InChI is InChI=1S/C12H20N2/c1-10(2)11(3)7-14-9-12-5-4-6-13-8-12/h4-6,8,10-11,14H,7,9H2,1-3H3. The van der Waals surface area contributed by atoms with E-state index >= 15 is 0 Å². The molecule has 0 radical (unpaired) electrons. The third-order valence-electron chi connectivity index (χ3n) is 2.66. The van der Waals surface area contributed by atoms with E-state index in [0.29, 0.717) is 0 Å². The maximum Gasteiger partial charge on any atom is 0.0312 e. The largest absolute Gasteiger partial charge is 0.312 e. The van der Waals surface area contributed by atoms with E-state index in [9.17, 15) is 0 Å². The zero-order valence-corrected chi connectivity index (χ0v) is 9.33. The Balaban J connectivity index is 2.22. The van der Waals surface area contributed by atoms with Crippen molar-refractivity contribution in [3.8, 4) is 0 Å². The molecule has 0 aliphatic rings. The van der Waals surface area contributed by atoms with Crippen LogP contribution in [0.4, 0.5) is 0 Å². The number of hydrogen-bond acceptors (Lipinski definition) is 2. The van der Waals surface area contributed by atoms with Crippen LogP contribution >= 0.6 is 0 Å². The summed E-state index contributed by atoms with van der Waals surface area (Å²) in [5.74, 6) is 1.48. The predicted octanol–water partition coefficient (Wildman–Crippen LogP) is 2.46. The lowest BCUT2D eigenvalue weighted by atomic mass is 9.98. The average molecular weight is 192 g/mol. The van der Waals surface area contributed by atoms with E-state index in [2.05, 4.69) is 37.1 Å². The highest BCUT2D eigenvalue weighted by atomic mass is 14.9. The molecule has 0 spiro atoms. The van der Waals surface area contributed by atoms with E-state index in [-0.39, 0.29) is 0 Å². The summed E-state index contributed by atoms with van der Waals surface area (Å²) in [6.45, 7) is 8.80. The molecule has 0 aliphatic heterocycles. The number of aromatic nitrogens is 1. The second-order valence-electron chi connectivity index (χ2n) is 4.21. The lowest BCUT2D eigenvalue weighted by Crippen LogP contribution is -2.23. The van der Waals surface area contributed by atoms with Crippen LogP contribution in [0.25, 0.3) is 0 Å². The van der Waals surface area contributed by atoms with Crippen LogP contribution in [0.5, 0.6) is 0 Å². The van der Waals surface area contributed by atoms with Gasteiger partial charge in [0.05, 0.1) is 0 Å². The molecule has 0 fully saturated rings. The Hall–Kier alpha value is -0.890. The van der Waals surface area contributed by atoms with Crippen molar-refractivity contribution < 1.29 is 0 Å². The van der Waals surface area contributed by atoms with Crippen LogP contribution in [-0.2, 0) is 6.54 Å². The maximum absolute atomic E-state index is 4.08. The van der Waals surface area contributed by atoms with Crippen LogP contribution in [-0.4, -0.2) is 11.5 Å². The Bertz CT molecular complexity index is 244. The Morgan fingerprint density at radius 2 is 2.14 bits per heavy atom. The van der Waals surface area contributed by atoms with Crippen molar-refractivity contribution in [1.29, 1.82) is 0 Å². The lowest BCUT2D eigenvalue weighted by molar-refractivity contribution is 0.392. The van der Waals surface area contributed by atoms with Crippen LogP contribution in [0.15, 0.2) is 24.5 Å². The van der Waals surface area contributed by atoms with Gasteiger partial charge in [0.15, 0.2) is 0 Å². The topological polar surface area (TPSA) is 24.9 Å². The first-order valence-corrected chi connectivity index (χ1v) is 5.29. The zero-order chi connectivity index (χ0) is 10.4. The third kappa shape index (κ3) is 3.88. The van der Waals surface area contributed by atoms with Crippen LogP contribution < -0.4 is 5.32 Å². The van der Waals surface area contributed by atoms with E-state index in [0.717, 1.165) is 24.9 Å². The first kappa shape index (κ1) is 11.2. The Morgan fingerprint density at radius 3 is 2.71 bits per heavy atom. The zero-order valence-electron chi connectivity index (χ0n) is 9.33. The van der Waals surface area contributed by atoms with Crippen molar-refractivity contribution in [1.82, 2.24) is 10.3 Å². The Labute approximate surface area is 86.8 Å². The quantitative estimate of drug-likeness (QED) is 0.775. The van der Waals surface area contributed by atoms with E-state index in [1.54, 1.807) is 6.20 Å². The molecular weight excluding hydrogens is 172 g/mol. The van der Waals surface area contributed by atoms with Gasteiger partial charge in [-0.25, -0.2) is 0 Å². The summed E-state index contributed by atoms with van der Waals surface area (Å²) in [6.07, 6.45) is 3.72. The Kier molecular flexibility index (Phi) is 4.60. The summed E-state index contributed by atoms with van der Waals surface area (Å²) in [6, 6.07) is 4.07. The molecule has 1 aromatic rings. The van der Waals surface area contributed by atoms with Crippen LogP contribution in [0.1, 0.15) is 26.3 Å². The molecule has 0 aromatic carbocycles. The first-order chi connectivity index (χ1) is 6.70. The van der Waals surface area contributed by atoms with Gasteiger partial charge in [-0.1, -0.05) is 26.8 Å². The fraction of sp³-hybridized carbons (Fsp3) is 0.583. The van der Waals surface area contributed by atoms with Gasteiger partial charge in [0.25, 0.3) is 0 Å². The summed E-state index contributed by atoms with van der Waals surface area (Å²) in [5.41, 5.74) is 1.25. The minimum atomic E-state index is 0.728. The summed E-state index contributed by atoms with van der Waals surface area (Å²) in [7, 11) is 0. The van der Waals surface area contributed by atoms with Gasteiger partial charge < -0.3 is 5.32 Å². The molecule has 2 nitrogen and oxygen atoms in total. The first-order valence-electron chi connectivity index (χ1n) is 5.29. The monoisotopic (exact) mass is 192 g/mol. The third-order valence-corrected chi connectivity index (χ3v) is 2.66. The van der Waals surface area contributed by atoms with Gasteiger partial charge in [0.2, 0.25) is 0 Å². The summed E-state index contributed by atoms with van der Waals surface area (Å²) >= 11 is 0. The smallest absolute Gasteiger partial charge is 0.0312 e. The van der Waals surface area contributed by atoms with Gasteiger partial charge in [-0.3, -0.25) is 4.98 Å². The maximum atomic E-state index is 4.08. The minimum absolute atomic E-state index is 0.728. The SMILES string of the molecule is CC(C)C(C)CNCc1cccnc1. The summed E-state index contributed by atoms with van der Waals surface area (Å²) < 4.78 is 0. The van der Waals surface area contributed by atoms with Crippen molar-refractivity contribution in [2.24, 2.45) is 11.8 Å². The van der Waals surface area contributed by atoms with Crippen LogP contribution in [0.2, 0.25) is 0 Å². The molecule has 0 aliphatic carbocycles. The minimum Gasteiger partial charge on any atom is -0.312 e. The van der Waals surface area contributed by atoms with Gasteiger partial charge >= 0.3 is 0 Å². The molecule has 2 heteroatoms. The molecular formula is C12H20N2. The number of pyridine rings is 1. The summed E-state index contributed by atoms with van der Waals surface area (Å²) in [4.78, 5) is 4.08. The molecule has 1 atom stereocenters. The molecule has 1 aromatic heterocycles. The second-order valence-corrected chi connectivity index (χ2v) is 4.21. The lowest BCUT2D eigenvalue weighted by Gasteiger charge is -2.15. The van der Waals surface area contributed by atoms with Crippen molar-refractivity contribution in [3.63, 3.8) is 0 Å². The number of hydrogen-bond donors (Lipinski definition) is 1. The van der Waals surface area contributed by atoms with Crippen LogP contribution in [0.3, 0.4) is 0 Å². The molecule has 78 valence electrons. The normalized spacial score (nSPS) is 13.1. The molecule has 1 rings (SSSR count). The van der Waals surface area contributed by atoms with Crippen molar-refractivity contribution in [3.05, 3.63) is 30.1 Å². The highest BCUT2D eigenvalue weighted by molar-refractivity contribution is 5.07. The highest BCUT2D eigenvalue weighted by Crippen LogP contribution is 2.07. The van der Waals surface area contributed by atoms with E-state index in [4.69, 9.17) is 0 Å². The molecule has 0 saturated heterocycles. The van der Waals surface area contributed by atoms with Gasteiger partial charge in [-0.05, 0) is 30.0 Å².